The van der Waals surface area contributed by atoms with Crippen LogP contribution in [-0.4, -0.2) is 42.7 Å². The van der Waals surface area contributed by atoms with Crippen LogP contribution in [0.2, 0.25) is 5.02 Å². The molecule has 116 valence electrons. The molecular weight excluding hydrogens is 284 g/mol. The summed E-state index contributed by atoms with van der Waals surface area (Å²) in [6.07, 6.45) is 5.30. The van der Waals surface area contributed by atoms with E-state index >= 15 is 0 Å². The maximum Gasteiger partial charge on any atom is 0.120 e. The quantitative estimate of drug-likeness (QED) is 0.872. The van der Waals surface area contributed by atoms with Crippen molar-refractivity contribution < 1.29 is 4.74 Å². The molecule has 1 aromatic carbocycles. The van der Waals surface area contributed by atoms with Crippen molar-refractivity contribution in [3.8, 4) is 5.75 Å². The highest BCUT2D eigenvalue weighted by Crippen LogP contribution is 2.29. The van der Waals surface area contributed by atoms with E-state index in [0.29, 0.717) is 0 Å². The van der Waals surface area contributed by atoms with Gasteiger partial charge in [-0.3, -0.25) is 4.90 Å². The molecule has 2 aliphatic heterocycles. The normalized spacial score (nSPS) is 28.0. The van der Waals surface area contributed by atoms with Gasteiger partial charge in [0, 0.05) is 29.7 Å². The Labute approximate surface area is 132 Å². The number of fused-ring (bicyclic) bond motifs is 2. The van der Waals surface area contributed by atoms with Crippen LogP contribution in [0.25, 0.3) is 0 Å². The Morgan fingerprint density at radius 2 is 2.05 bits per heavy atom. The Morgan fingerprint density at radius 3 is 2.71 bits per heavy atom. The highest BCUT2D eigenvalue weighted by atomic mass is 35.5. The Hall–Kier alpha value is -0.770. The molecule has 2 bridgehead atoms. The maximum absolute atomic E-state index is 5.98. The molecule has 21 heavy (non-hydrogen) atoms. The van der Waals surface area contributed by atoms with Crippen LogP contribution in [0, 0.1) is 0 Å². The summed E-state index contributed by atoms with van der Waals surface area (Å²) in [6.45, 7) is 5.08. The average Bonchev–Trinajstić information content (AvgIpc) is 2.82. The molecule has 4 heteroatoms. The van der Waals surface area contributed by atoms with Crippen molar-refractivity contribution in [2.24, 2.45) is 0 Å². The monoisotopic (exact) mass is 308 g/mol. The van der Waals surface area contributed by atoms with Crippen LogP contribution in [0.5, 0.6) is 5.75 Å². The van der Waals surface area contributed by atoms with Gasteiger partial charge in [0.25, 0.3) is 0 Å². The van der Waals surface area contributed by atoms with Crippen molar-refractivity contribution in [3.63, 3.8) is 0 Å². The molecule has 1 N–H and O–H groups in total. The summed E-state index contributed by atoms with van der Waals surface area (Å²) >= 11 is 5.98. The van der Waals surface area contributed by atoms with Crippen LogP contribution in [0.4, 0.5) is 0 Å². The van der Waals surface area contributed by atoms with Crippen LogP contribution in [-0.2, 0) is 0 Å². The minimum Gasteiger partial charge on any atom is -0.492 e. The van der Waals surface area contributed by atoms with E-state index in [9.17, 15) is 0 Å². The van der Waals surface area contributed by atoms with E-state index in [2.05, 4.69) is 17.1 Å². The molecule has 2 fully saturated rings. The summed E-state index contributed by atoms with van der Waals surface area (Å²) < 4.78 is 5.84. The van der Waals surface area contributed by atoms with Crippen LogP contribution in [0.15, 0.2) is 24.3 Å². The van der Waals surface area contributed by atoms with Crippen molar-refractivity contribution in [1.82, 2.24) is 10.2 Å². The minimum absolute atomic E-state index is 0.719. The number of nitrogens with one attached hydrogen (secondary N) is 1. The zero-order valence-electron chi connectivity index (χ0n) is 12.7. The lowest BCUT2D eigenvalue weighted by atomic mass is 9.98. The molecule has 0 radical (unpaired) electrons. The van der Waals surface area contributed by atoms with Crippen LogP contribution in [0.3, 0.4) is 0 Å². The lowest BCUT2D eigenvalue weighted by molar-refractivity contribution is 0.125. The van der Waals surface area contributed by atoms with Crippen molar-refractivity contribution in [3.05, 3.63) is 29.3 Å². The van der Waals surface area contributed by atoms with Gasteiger partial charge < -0.3 is 10.1 Å². The first-order valence-electron chi connectivity index (χ1n) is 8.13. The largest absolute Gasteiger partial charge is 0.492 e. The SMILES string of the molecule is CCN(CCOc1cccc(Cl)c1)C1CC2CCC(C1)N2. The number of benzene rings is 1. The van der Waals surface area contributed by atoms with Crippen molar-refractivity contribution >= 4 is 11.6 Å². The van der Waals surface area contributed by atoms with Gasteiger partial charge in [-0.1, -0.05) is 24.6 Å². The van der Waals surface area contributed by atoms with Crippen LogP contribution < -0.4 is 10.1 Å². The van der Waals surface area contributed by atoms with Gasteiger partial charge in [-0.25, -0.2) is 0 Å². The molecular formula is C17H25ClN2O. The third-order valence-corrected chi connectivity index (χ3v) is 5.05. The second-order valence-electron chi connectivity index (χ2n) is 6.20. The standard InChI is InChI=1S/C17H25ClN2O/c1-2-20(16-11-14-6-7-15(12-16)19-14)8-9-21-17-5-3-4-13(18)10-17/h3-5,10,14-16,19H,2,6-9,11-12H2,1H3. The van der Waals surface area contributed by atoms with Gasteiger partial charge in [-0.05, 0) is 50.4 Å². The number of likely N-dealkylation sites (N-methyl/N-ethyl adjacent to an activating group) is 1. The van der Waals surface area contributed by atoms with Crippen LogP contribution in [0.1, 0.15) is 32.6 Å². The van der Waals surface area contributed by atoms with E-state index in [1.807, 2.05) is 24.3 Å². The first kappa shape index (κ1) is 15.1. The van der Waals surface area contributed by atoms with E-state index < -0.39 is 0 Å². The lowest BCUT2D eigenvalue weighted by Crippen LogP contribution is -2.49. The molecule has 2 aliphatic rings. The Morgan fingerprint density at radius 1 is 1.29 bits per heavy atom. The Balaban J connectivity index is 1.48. The molecule has 2 atom stereocenters. The molecule has 0 aromatic heterocycles. The predicted molar refractivity (Wildman–Crippen MR) is 87.2 cm³/mol. The number of ether oxygens (including phenoxy) is 1. The summed E-state index contributed by atoms with van der Waals surface area (Å²) in [5.41, 5.74) is 0. The summed E-state index contributed by atoms with van der Waals surface area (Å²) in [4.78, 5) is 2.58. The molecule has 1 aromatic rings. The number of halogens is 1. The summed E-state index contributed by atoms with van der Waals surface area (Å²) in [5, 5.41) is 4.45. The second-order valence-corrected chi connectivity index (χ2v) is 6.63. The zero-order chi connectivity index (χ0) is 14.7. The molecule has 2 heterocycles. The molecule has 0 amide bonds. The van der Waals surface area contributed by atoms with E-state index in [1.54, 1.807) is 0 Å². The minimum atomic E-state index is 0.719. The predicted octanol–water partition coefficient (Wildman–Crippen LogP) is 3.32. The average molecular weight is 309 g/mol. The zero-order valence-corrected chi connectivity index (χ0v) is 13.5. The molecule has 2 saturated heterocycles. The van der Waals surface area contributed by atoms with Gasteiger partial charge in [-0.2, -0.15) is 0 Å². The molecule has 2 unspecified atom stereocenters. The maximum atomic E-state index is 5.98. The summed E-state index contributed by atoms with van der Waals surface area (Å²) in [7, 11) is 0. The molecule has 3 rings (SSSR count). The first-order chi connectivity index (χ1) is 10.2. The third kappa shape index (κ3) is 3.91. The number of piperidine rings is 1. The first-order valence-corrected chi connectivity index (χ1v) is 8.51. The van der Waals surface area contributed by atoms with Gasteiger partial charge in [0.2, 0.25) is 0 Å². The highest BCUT2D eigenvalue weighted by molar-refractivity contribution is 6.30. The van der Waals surface area contributed by atoms with Gasteiger partial charge in [-0.15, -0.1) is 0 Å². The molecule has 0 saturated carbocycles. The van der Waals surface area contributed by atoms with Gasteiger partial charge >= 0.3 is 0 Å². The Kier molecular flexibility index (Phi) is 5.04. The summed E-state index contributed by atoms with van der Waals surface area (Å²) in [5.74, 6) is 0.865. The third-order valence-electron chi connectivity index (χ3n) is 4.81. The fourth-order valence-corrected chi connectivity index (χ4v) is 3.94. The smallest absolute Gasteiger partial charge is 0.120 e. The molecule has 0 spiro atoms. The summed E-state index contributed by atoms with van der Waals surface area (Å²) in [6, 6.07) is 9.86. The topological polar surface area (TPSA) is 24.5 Å². The number of hydrogen-bond donors (Lipinski definition) is 1. The molecule has 0 aliphatic carbocycles. The lowest BCUT2D eigenvalue weighted by Gasteiger charge is -2.37. The number of nitrogens with zero attached hydrogens (tertiary/aromatic N) is 1. The number of rotatable bonds is 6. The van der Waals surface area contributed by atoms with Gasteiger partial charge in [0.15, 0.2) is 0 Å². The van der Waals surface area contributed by atoms with Crippen molar-refractivity contribution in [2.45, 2.75) is 50.7 Å². The van der Waals surface area contributed by atoms with Crippen molar-refractivity contribution in [2.75, 3.05) is 19.7 Å². The Bertz CT molecular complexity index is 456. The van der Waals surface area contributed by atoms with Crippen molar-refractivity contribution in [1.29, 1.82) is 0 Å². The van der Waals surface area contributed by atoms with Gasteiger partial charge in [0.1, 0.15) is 12.4 Å². The fourth-order valence-electron chi connectivity index (χ4n) is 3.76. The van der Waals surface area contributed by atoms with Crippen LogP contribution >= 0.6 is 11.6 Å². The van der Waals surface area contributed by atoms with E-state index in [1.165, 1.54) is 25.7 Å². The fraction of sp³-hybridized carbons (Fsp3) is 0.647. The second kappa shape index (κ2) is 6.99. The van der Waals surface area contributed by atoms with E-state index in [-0.39, 0.29) is 0 Å². The van der Waals surface area contributed by atoms with Gasteiger partial charge in [0.05, 0.1) is 0 Å². The highest BCUT2D eigenvalue weighted by Gasteiger charge is 2.35. The van der Waals surface area contributed by atoms with E-state index in [0.717, 1.165) is 48.6 Å². The number of hydrogen-bond acceptors (Lipinski definition) is 3. The molecule has 3 nitrogen and oxygen atoms in total. The van der Waals surface area contributed by atoms with E-state index in [4.69, 9.17) is 16.3 Å².